The molecule has 1 aromatic carbocycles. The Balaban J connectivity index is 1.93. The Hall–Kier alpha value is -2.12. The summed E-state index contributed by atoms with van der Waals surface area (Å²) in [6.07, 6.45) is 0. The van der Waals surface area contributed by atoms with E-state index in [-0.39, 0.29) is 0 Å². The fraction of sp³-hybridized carbons (Fsp3) is 0.444. The third-order valence-corrected chi connectivity index (χ3v) is 4.63. The first-order valence-electron chi connectivity index (χ1n) is 8.18. The van der Waals surface area contributed by atoms with Crippen LogP contribution in [-0.2, 0) is 17.8 Å². The van der Waals surface area contributed by atoms with Crippen LogP contribution in [0, 0.1) is 13.8 Å². The number of thiazole rings is 1. The van der Waals surface area contributed by atoms with Crippen LogP contribution in [0.5, 0.6) is 5.75 Å². The van der Waals surface area contributed by atoms with Crippen LogP contribution in [0.15, 0.2) is 28.7 Å². The topological polar surface area (TPSA) is 67.8 Å². The fourth-order valence-corrected chi connectivity index (χ4v) is 2.95. The van der Waals surface area contributed by atoms with Crippen LogP contribution in [0.25, 0.3) is 0 Å². The summed E-state index contributed by atoms with van der Waals surface area (Å²) >= 11 is 1.64. The molecule has 0 radical (unpaired) electrons. The van der Waals surface area contributed by atoms with E-state index in [1.165, 1.54) is 10.4 Å². The number of aliphatic imine (C=N–C) groups is 1. The molecule has 25 heavy (non-hydrogen) atoms. The third-order valence-electron chi connectivity index (χ3n) is 3.70. The summed E-state index contributed by atoms with van der Waals surface area (Å²) in [5.74, 6) is 1.62. The van der Waals surface area contributed by atoms with Crippen molar-refractivity contribution in [2.45, 2.75) is 26.9 Å². The molecule has 1 heterocycles. The average molecular weight is 362 g/mol. The number of benzene rings is 1. The maximum absolute atomic E-state index is 5.83. The van der Waals surface area contributed by atoms with E-state index in [2.05, 4.69) is 39.7 Å². The lowest BCUT2D eigenvalue weighted by atomic mass is 10.1. The Morgan fingerprint density at radius 1 is 1.20 bits per heavy atom. The lowest BCUT2D eigenvalue weighted by molar-refractivity contribution is 0.145. The lowest BCUT2D eigenvalue weighted by Gasteiger charge is -2.15. The molecule has 0 saturated heterocycles. The molecule has 1 aromatic heterocycles. The number of aryl methyl sites for hydroxylation is 2. The molecule has 7 heteroatoms. The molecule has 0 aliphatic carbocycles. The summed E-state index contributed by atoms with van der Waals surface area (Å²) in [5.41, 5.74) is 5.16. The molecule has 0 fully saturated rings. The maximum atomic E-state index is 5.83. The Morgan fingerprint density at radius 3 is 2.68 bits per heavy atom. The number of hydrogen-bond acceptors (Lipinski definition) is 5. The van der Waals surface area contributed by atoms with Gasteiger partial charge in [0.25, 0.3) is 0 Å². The van der Waals surface area contributed by atoms with E-state index in [4.69, 9.17) is 9.47 Å². The van der Waals surface area contributed by atoms with Crippen molar-refractivity contribution in [1.29, 1.82) is 0 Å². The van der Waals surface area contributed by atoms with Gasteiger partial charge in [-0.1, -0.05) is 12.1 Å². The van der Waals surface area contributed by atoms with Gasteiger partial charge >= 0.3 is 0 Å². The largest absolute Gasteiger partial charge is 0.491 e. The normalized spacial score (nSPS) is 11.4. The summed E-state index contributed by atoms with van der Waals surface area (Å²) < 4.78 is 10.9. The minimum Gasteiger partial charge on any atom is -0.491 e. The van der Waals surface area contributed by atoms with Gasteiger partial charge in [0.15, 0.2) is 5.96 Å². The monoisotopic (exact) mass is 362 g/mol. The van der Waals surface area contributed by atoms with Gasteiger partial charge in [0.2, 0.25) is 0 Å². The summed E-state index contributed by atoms with van der Waals surface area (Å²) in [4.78, 5) is 9.74. The minimum absolute atomic E-state index is 0.532. The predicted molar refractivity (Wildman–Crippen MR) is 102 cm³/mol. The van der Waals surface area contributed by atoms with E-state index < -0.39 is 0 Å². The summed E-state index contributed by atoms with van der Waals surface area (Å²) in [6, 6.07) is 6.20. The van der Waals surface area contributed by atoms with Crippen molar-refractivity contribution < 1.29 is 9.47 Å². The highest BCUT2D eigenvalue weighted by molar-refractivity contribution is 7.09. The molecule has 0 aliphatic rings. The van der Waals surface area contributed by atoms with Gasteiger partial charge in [0, 0.05) is 31.1 Å². The van der Waals surface area contributed by atoms with Gasteiger partial charge in [-0.25, -0.2) is 4.98 Å². The van der Waals surface area contributed by atoms with Gasteiger partial charge in [0.1, 0.15) is 12.4 Å². The highest BCUT2D eigenvalue weighted by atomic mass is 32.1. The highest BCUT2D eigenvalue weighted by Gasteiger charge is 2.07. The van der Waals surface area contributed by atoms with Gasteiger partial charge in [-0.3, -0.25) is 4.99 Å². The molecule has 0 saturated carbocycles. The fourth-order valence-electron chi connectivity index (χ4n) is 2.24. The van der Waals surface area contributed by atoms with Crippen LogP contribution in [0.4, 0.5) is 0 Å². The Kier molecular flexibility index (Phi) is 7.69. The summed E-state index contributed by atoms with van der Waals surface area (Å²) in [7, 11) is 3.43. The highest BCUT2D eigenvalue weighted by Crippen LogP contribution is 2.20. The van der Waals surface area contributed by atoms with Crippen molar-refractivity contribution in [3.63, 3.8) is 0 Å². The van der Waals surface area contributed by atoms with Crippen LogP contribution in [0.3, 0.4) is 0 Å². The molecule has 6 nitrogen and oxygen atoms in total. The number of methoxy groups -OCH3 is 1. The van der Waals surface area contributed by atoms with Crippen molar-refractivity contribution in [3.05, 3.63) is 45.4 Å². The molecule has 0 aliphatic heterocycles. The van der Waals surface area contributed by atoms with Crippen molar-refractivity contribution in [1.82, 2.24) is 15.6 Å². The first-order valence-corrected chi connectivity index (χ1v) is 9.06. The second kappa shape index (κ2) is 10.0. The zero-order valence-electron chi connectivity index (χ0n) is 15.3. The number of aromatic nitrogens is 1. The van der Waals surface area contributed by atoms with Crippen LogP contribution < -0.4 is 15.4 Å². The predicted octanol–water partition coefficient (Wildman–Crippen LogP) is 2.65. The van der Waals surface area contributed by atoms with E-state index in [9.17, 15) is 0 Å². The Labute approximate surface area is 153 Å². The smallest absolute Gasteiger partial charge is 0.191 e. The van der Waals surface area contributed by atoms with E-state index in [1.807, 2.05) is 18.5 Å². The van der Waals surface area contributed by atoms with E-state index >= 15 is 0 Å². The second-order valence-electron chi connectivity index (χ2n) is 5.59. The molecule has 0 atom stereocenters. The van der Waals surface area contributed by atoms with Crippen molar-refractivity contribution in [2.75, 3.05) is 27.4 Å². The molecule has 0 bridgehead atoms. The third kappa shape index (κ3) is 6.03. The van der Waals surface area contributed by atoms with Crippen LogP contribution in [0.1, 0.15) is 21.7 Å². The van der Waals surface area contributed by atoms with Gasteiger partial charge in [0.05, 0.1) is 24.4 Å². The number of ether oxygens (including phenoxy) is 2. The van der Waals surface area contributed by atoms with Crippen molar-refractivity contribution in [2.24, 2.45) is 4.99 Å². The van der Waals surface area contributed by atoms with Gasteiger partial charge in [-0.2, -0.15) is 0 Å². The number of hydrogen-bond donors (Lipinski definition) is 2. The van der Waals surface area contributed by atoms with Crippen LogP contribution >= 0.6 is 11.3 Å². The van der Waals surface area contributed by atoms with Crippen molar-refractivity contribution in [3.8, 4) is 5.75 Å². The molecule has 2 N–H and O–H groups in total. The standard InChI is InChI=1S/C18H26N4O2S/c1-13-5-6-15(16(9-13)24-8-7-23-4)10-20-18(19-3)21-11-17-14(2)22-12-25-17/h5-6,9,12H,7-8,10-11H2,1-4H3,(H2,19,20,21). The quantitative estimate of drug-likeness (QED) is 0.429. The molecule has 136 valence electrons. The molecular weight excluding hydrogens is 336 g/mol. The Morgan fingerprint density at radius 2 is 2.00 bits per heavy atom. The van der Waals surface area contributed by atoms with Gasteiger partial charge in [-0.05, 0) is 25.5 Å². The zero-order chi connectivity index (χ0) is 18.1. The first kappa shape index (κ1) is 19.2. The average Bonchev–Trinajstić information content (AvgIpc) is 3.02. The second-order valence-corrected chi connectivity index (χ2v) is 6.53. The van der Waals surface area contributed by atoms with Gasteiger partial charge < -0.3 is 20.1 Å². The number of nitrogens with one attached hydrogen (secondary N) is 2. The molecule has 0 unspecified atom stereocenters. The number of nitrogens with zero attached hydrogens (tertiary/aromatic N) is 2. The van der Waals surface area contributed by atoms with E-state index in [1.54, 1.807) is 25.5 Å². The first-order chi connectivity index (χ1) is 12.1. The van der Waals surface area contributed by atoms with E-state index in [0.717, 1.165) is 23.0 Å². The van der Waals surface area contributed by atoms with Gasteiger partial charge in [-0.15, -0.1) is 11.3 Å². The summed E-state index contributed by atoms with van der Waals surface area (Å²) in [6.45, 7) is 6.51. The number of rotatable bonds is 8. The van der Waals surface area contributed by atoms with Crippen molar-refractivity contribution >= 4 is 17.3 Å². The van der Waals surface area contributed by atoms with Crippen LogP contribution in [-0.4, -0.2) is 38.3 Å². The maximum Gasteiger partial charge on any atom is 0.191 e. The minimum atomic E-state index is 0.532. The van der Waals surface area contributed by atoms with E-state index in [0.29, 0.717) is 26.3 Å². The SMILES string of the molecule is CN=C(NCc1ccc(C)cc1OCCOC)NCc1scnc1C. The van der Waals surface area contributed by atoms with Crippen LogP contribution in [0.2, 0.25) is 0 Å². The number of guanidine groups is 1. The molecule has 2 rings (SSSR count). The molecule has 0 amide bonds. The molecule has 0 spiro atoms. The molecule has 2 aromatic rings. The Bertz CT molecular complexity index is 700. The zero-order valence-corrected chi connectivity index (χ0v) is 16.1. The lowest BCUT2D eigenvalue weighted by Crippen LogP contribution is -2.36. The molecular formula is C18H26N4O2S. The summed E-state index contributed by atoms with van der Waals surface area (Å²) in [5, 5.41) is 6.64.